The Labute approximate surface area is 317 Å². The molecule has 0 atom stereocenters. The van der Waals surface area contributed by atoms with Gasteiger partial charge in [0.1, 0.15) is 0 Å². The number of hydrogen-bond donors (Lipinski definition) is 0. The lowest BCUT2D eigenvalue weighted by Crippen LogP contribution is -2.15. The molecule has 54 heavy (non-hydrogen) atoms. The Kier molecular flexibility index (Phi) is 7.56. The predicted octanol–water partition coefficient (Wildman–Crippen LogP) is 14.8. The van der Waals surface area contributed by atoms with E-state index in [1.54, 1.807) is 0 Å². The number of rotatable bonds is 6. The number of hydrogen-bond acceptors (Lipinski definition) is 1. The van der Waals surface area contributed by atoms with Gasteiger partial charge >= 0.3 is 0 Å². The van der Waals surface area contributed by atoms with Crippen molar-refractivity contribution < 1.29 is 0 Å². The van der Waals surface area contributed by atoms with Crippen LogP contribution in [0.1, 0.15) is 25.0 Å². The average molecular weight is 690 g/mol. The largest absolute Gasteiger partial charge is 0.310 e. The number of nitrogens with zero attached hydrogens (tertiary/aromatic N) is 1. The van der Waals surface area contributed by atoms with Gasteiger partial charge in [-0.1, -0.05) is 166 Å². The van der Waals surface area contributed by atoms with E-state index in [0.29, 0.717) is 0 Å². The van der Waals surface area contributed by atoms with Crippen LogP contribution in [0.3, 0.4) is 0 Å². The van der Waals surface area contributed by atoms with Crippen molar-refractivity contribution in [2.45, 2.75) is 19.3 Å². The third-order valence-electron chi connectivity index (χ3n) is 11.5. The summed E-state index contributed by atoms with van der Waals surface area (Å²) in [6.07, 6.45) is 0. The first-order chi connectivity index (χ1) is 26.5. The second-order valence-corrected chi connectivity index (χ2v) is 15.0. The lowest BCUT2D eigenvalue weighted by molar-refractivity contribution is 0.660. The van der Waals surface area contributed by atoms with Crippen molar-refractivity contribution >= 4 is 38.6 Å². The highest BCUT2D eigenvalue weighted by Gasteiger charge is 2.35. The highest BCUT2D eigenvalue weighted by molar-refractivity contribution is 6.14. The summed E-state index contributed by atoms with van der Waals surface area (Å²) < 4.78 is 0. The molecule has 1 aliphatic rings. The summed E-state index contributed by atoms with van der Waals surface area (Å²) in [5, 5.41) is 5.06. The van der Waals surface area contributed by atoms with E-state index < -0.39 is 0 Å². The SMILES string of the molecule is CC1(C)c2ccccc2-c2cc(N(c3ccc(-c4ccccc4)cc3)c3ccc(-c4cc5cc(-c6ccccc6)ccc5c5ccccc45)cc3)ccc21. The van der Waals surface area contributed by atoms with Crippen molar-refractivity contribution in [3.8, 4) is 44.5 Å². The van der Waals surface area contributed by atoms with Crippen LogP contribution in [0.5, 0.6) is 0 Å². The topological polar surface area (TPSA) is 3.24 Å². The lowest BCUT2D eigenvalue weighted by Gasteiger charge is -2.27. The van der Waals surface area contributed by atoms with Crippen molar-refractivity contribution in [3.05, 3.63) is 211 Å². The molecule has 0 N–H and O–H groups in total. The van der Waals surface area contributed by atoms with E-state index in [1.165, 1.54) is 77.2 Å². The third kappa shape index (κ3) is 5.32. The summed E-state index contributed by atoms with van der Waals surface area (Å²) in [4.78, 5) is 2.40. The van der Waals surface area contributed by atoms with Gasteiger partial charge in [0.2, 0.25) is 0 Å². The standard InChI is InChI=1S/C53H39N/c1-53(2)51-20-12-11-19-48(51)50-35-44(30-32-52(50)53)54(42-26-21-38(22-27-42)36-13-5-3-6-14-36)43-28-23-39(24-29-43)49-34-41-33-40(37-15-7-4-8-16-37)25-31-45(41)46-17-9-10-18-47(46)49/h3-35H,1-2H3. The van der Waals surface area contributed by atoms with E-state index in [2.05, 4.69) is 219 Å². The number of fused-ring (bicyclic) bond motifs is 6. The van der Waals surface area contributed by atoms with Crippen LogP contribution in [0.2, 0.25) is 0 Å². The van der Waals surface area contributed by atoms with E-state index in [-0.39, 0.29) is 5.41 Å². The summed E-state index contributed by atoms with van der Waals surface area (Å²) in [7, 11) is 0. The van der Waals surface area contributed by atoms with Gasteiger partial charge in [-0.05, 0) is 126 Å². The van der Waals surface area contributed by atoms with Crippen LogP contribution in [0.4, 0.5) is 17.1 Å². The van der Waals surface area contributed by atoms with Gasteiger partial charge in [-0.15, -0.1) is 0 Å². The zero-order chi connectivity index (χ0) is 36.2. The summed E-state index contributed by atoms with van der Waals surface area (Å²) in [6, 6.07) is 73.4. The fourth-order valence-corrected chi connectivity index (χ4v) is 8.68. The van der Waals surface area contributed by atoms with E-state index in [4.69, 9.17) is 0 Å². The van der Waals surface area contributed by atoms with Crippen LogP contribution in [-0.2, 0) is 5.41 Å². The molecule has 9 aromatic rings. The van der Waals surface area contributed by atoms with Crippen molar-refractivity contribution in [2.75, 3.05) is 4.90 Å². The highest BCUT2D eigenvalue weighted by Crippen LogP contribution is 2.50. The van der Waals surface area contributed by atoms with Crippen LogP contribution in [0.25, 0.3) is 66.1 Å². The average Bonchev–Trinajstić information content (AvgIpc) is 3.47. The molecule has 0 saturated carbocycles. The molecule has 10 rings (SSSR count). The van der Waals surface area contributed by atoms with Crippen LogP contribution >= 0.6 is 0 Å². The molecule has 1 heteroatoms. The van der Waals surface area contributed by atoms with Gasteiger partial charge in [-0.3, -0.25) is 0 Å². The van der Waals surface area contributed by atoms with Crippen LogP contribution < -0.4 is 4.90 Å². The molecule has 9 aromatic carbocycles. The Morgan fingerprint density at radius 2 is 0.833 bits per heavy atom. The fraction of sp³-hybridized carbons (Fsp3) is 0.0566. The third-order valence-corrected chi connectivity index (χ3v) is 11.5. The second kappa shape index (κ2) is 12.8. The van der Waals surface area contributed by atoms with E-state index >= 15 is 0 Å². The molecule has 0 fully saturated rings. The molecule has 0 saturated heterocycles. The summed E-state index contributed by atoms with van der Waals surface area (Å²) >= 11 is 0. The maximum atomic E-state index is 2.40. The smallest absolute Gasteiger partial charge is 0.0468 e. The molecule has 0 aliphatic heterocycles. The molecular formula is C53H39N. The molecular weight excluding hydrogens is 651 g/mol. The minimum Gasteiger partial charge on any atom is -0.310 e. The van der Waals surface area contributed by atoms with E-state index in [0.717, 1.165) is 17.1 Å². The summed E-state index contributed by atoms with van der Waals surface area (Å²) in [5.74, 6) is 0. The first-order valence-electron chi connectivity index (χ1n) is 18.8. The molecule has 0 radical (unpaired) electrons. The van der Waals surface area contributed by atoms with Crippen molar-refractivity contribution in [1.82, 2.24) is 0 Å². The van der Waals surface area contributed by atoms with E-state index in [1.807, 2.05) is 0 Å². The van der Waals surface area contributed by atoms with Gasteiger partial charge < -0.3 is 4.90 Å². The zero-order valence-electron chi connectivity index (χ0n) is 30.5. The highest BCUT2D eigenvalue weighted by atomic mass is 15.1. The minimum absolute atomic E-state index is 0.0429. The molecule has 0 bridgehead atoms. The van der Waals surface area contributed by atoms with E-state index in [9.17, 15) is 0 Å². The molecule has 1 aliphatic carbocycles. The maximum Gasteiger partial charge on any atom is 0.0468 e. The normalized spacial score (nSPS) is 12.8. The van der Waals surface area contributed by atoms with Crippen LogP contribution in [0, 0.1) is 0 Å². The maximum absolute atomic E-state index is 2.40. The lowest BCUT2D eigenvalue weighted by atomic mass is 9.82. The second-order valence-electron chi connectivity index (χ2n) is 15.0. The van der Waals surface area contributed by atoms with Gasteiger partial charge in [0.15, 0.2) is 0 Å². The Hall–Kier alpha value is -6.70. The minimum atomic E-state index is -0.0429. The van der Waals surface area contributed by atoms with Crippen LogP contribution in [-0.4, -0.2) is 0 Å². The number of benzene rings is 9. The Morgan fingerprint density at radius 1 is 0.315 bits per heavy atom. The Balaban J connectivity index is 1.10. The first kappa shape index (κ1) is 32.0. The van der Waals surface area contributed by atoms with Crippen LogP contribution in [0.15, 0.2) is 200 Å². The van der Waals surface area contributed by atoms with Crippen molar-refractivity contribution in [2.24, 2.45) is 0 Å². The number of anilines is 3. The quantitative estimate of drug-likeness (QED) is 0.157. The molecule has 1 nitrogen and oxygen atoms in total. The van der Waals surface area contributed by atoms with Gasteiger partial charge in [-0.2, -0.15) is 0 Å². The fourth-order valence-electron chi connectivity index (χ4n) is 8.68. The summed E-state index contributed by atoms with van der Waals surface area (Å²) in [5.41, 5.74) is 16.1. The molecule has 0 aromatic heterocycles. The molecule has 0 amide bonds. The predicted molar refractivity (Wildman–Crippen MR) is 230 cm³/mol. The molecule has 0 spiro atoms. The summed E-state index contributed by atoms with van der Waals surface area (Å²) in [6.45, 7) is 4.68. The van der Waals surface area contributed by atoms with Gasteiger partial charge in [-0.25, -0.2) is 0 Å². The van der Waals surface area contributed by atoms with Crippen molar-refractivity contribution in [1.29, 1.82) is 0 Å². The van der Waals surface area contributed by atoms with Gasteiger partial charge in [0.05, 0.1) is 0 Å². The molecule has 0 unspecified atom stereocenters. The first-order valence-corrected chi connectivity index (χ1v) is 18.8. The van der Waals surface area contributed by atoms with Crippen molar-refractivity contribution in [3.63, 3.8) is 0 Å². The zero-order valence-corrected chi connectivity index (χ0v) is 30.5. The van der Waals surface area contributed by atoms with Gasteiger partial charge in [0, 0.05) is 22.5 Å². The monoisotopic (exact) mass is 689 g/mol. The molecule has 256 valence electrons. The molecule has 0 heterocycles. The Bertz CT molecular complexity index is 2810. The van der Waals surface area contributed by atoms with Gasteiger partial charge in [0.25, 0.3) is 0 Å². The Morgan fingerprint density at radius 3 is 1.54 bits per heavy atom.